The number of hydrogen-bond acceptors (Lipinski definition) is 4. The van der Waals surface area contributed by atoms with Gasteiger partial charge in [0.25, 0.3) is 0 Å². The smallest absolute Gasteiger partial charge is 0.318 e. The number of carbonyl (C=O) groups is 1. The van der Waals surface area contributed by atoms with E-state index in [1.54, 1.807) is 0 Å². The Kier molecular flexibility index (Phi) is 3.68. The van der Waals surface area contributed by atoms with Gasteiger partial charge in [-0.05, 0) is 31.9 Å². The van der Waals surface area contributed by atoms with E-state index in [0.29, 0.717) is 6.54 Å². The molecule has 24 heavy (non-hydrogen) atoms. The number of nitrogens with zero attached hydrogens (tertiary/aromatic N) is 4. The molecule has 3 aromatic heterocycles. The zero-order valence-corrected chi connectivity index (χ0v) is 13.5. The number of nitrogens with one attached hydrogen (secondary N) is 1. The van der Waals surface area contributed by atoms with Crippen LogP contribution in [0.3, 0.4) is 0 Å². The van der Waals surface area contributed by atoms with Crippen molar-refractivity contribution < 1.29 is 9.32 Å². The Labute approximate surface area is 139 Å². The molecule has 0 aromatic carbocycles. The summed E-state index contributed by atoms with van der Waals surface area (Å²) in [5.74, 6) is 0.757. The minimum absolute atomic E-state index is 0.0349. The number of rotatable bonds is 3. The van der Waals surface area contributed by atoms with E-state index in [-0.39, 0.29) is 12.1 Å². The van der Waals surface area contributed by atoms with Crippen molar-refractivity contribution in [3.63, 3.8) is 0 Å². The number of pyridine rings is 1. The van der Waals surface area contributed by atoms with E-state index >= 15 is 0 Å². The van der Waals surface area contributed by atoms with Crippen LogP contribution in [0.25, 0.3) is 5.65 Å². The van der Waals surface area contributed by atoms with E-state index in [2.05, 4.69) is 15.5 Å². The lowest BCUT2D eigenvalue weighted by molar-refractivity contribution is 0.182. The van der Waals surface area contributed by atoms with Gasteiger partial charge in [-0.25, -0.2) is 9.78 Å². The highest BCUT2D eigenvalue weighted by atomic mass is 16.5. The first-order valence-corrected chi connectivity index (χ1v) is 8.11. The van der Waals surface area contributed by atoms with Crippen LogP contribution < -0.4 is 5.32 Å². The summed E-state index contributed by atoms with van der Waals surface area (Å²) < 4.78 is 7.29. The van der Waals surface area contributed by atoms with Crippen LogP contribution in [0.5, 0.6) is 0 Å². The molecule has 1 aliphatic rings. The maximum Gasteiger partial charge on any atom is 0.318 e. The first-order valence-electron chi connectivity index (χ1n) is 8.11. The summed E-state index contributed by atoms with van der Waals surface area (Å²) in [5.41, 5.74) is 2.54. The highest BCUT2D eigenvalue weighted by molar-refractivity contribution is 5.75. The van der Waals surface area contributed by atoms with Gasteiger partial charge >= 0.3 is 6.03 Å². The molecule has 1 N–H and O–H groups in total. The minimum Gasteiger partial charge on any atom is -0.359 e. The Morgan fingerprint density at radius 1 is 1.46 bits per heavy atom. The second-order valence-corrected chi connectivity index (χ2v) is 6.08. The molecule has 1 fully saturated rings. The standard InChI is InChI=1S/C17H19N5O2/c1-12-9-15(24-20-12)14-5-4-8-22(14)17(23)18-10-13-11-21-7-3-2-6-16(21)19-13/h2-3,6-7,9,11,14H,4-5,8,10H2,1H3,(H,18,23). The molecule has 1 unspecified atom stereocenters. The highest BCUT2D eigenvalue weighted by Crippen LogP contribution is 2.32. The summed E-state index contributed by atoms with van der Waals surface area (Å²) >= 11 is 0. The number of carbonyl (C=O) groups excluding carboxylic acids is 1. The van der Waals surface area contributed by atoms with Crippen molar-refractivity contribution in [1.82, 2.24) is 24.8 Å². The van der Waals surface area contributed by atoms with Crippen LogP contribution in [0, 0.1) is 6.92 Å². The van der Waals surface area contributed by atoms with E-state index in [0.717, 1.165) is 42.2 Å². The first-order chi connectivity index (χ1) is 11.7. The van der Waals surface area contributed by atoms with E-state index in [9.17, 15) is 4.79 Å². The Morgan fingerprint density at radius 2 is 2.38 bits per heavy atom. The third-order valence-corrected chi connectivity index (χ3v) is 4.32. The van der Waals surface area contributed by atoms with Crippen molar-refractivity contribution >= 4 is 11.7 Å². The third-order valence-electron chi connectivity index (χ3n) is 4.32. The lowest BCUT2D eigenvalue weighted by Gasteiger charge is -2.22. The van der Waals surface area contributed by atoms with Gasteiger partial charge in [0, 0.05) is 25.0 Å². The second-order valence-electron chi connectivity index (χ2n) is 6.08. The molecule has 1 aliphatic heterocycles. The van der Waals surface area contributed by atoms with Gasteiger partial charge in [0.15, 0.2) is 5.76 Å². The molecule has 4 heterocycles. The summed E-state index contributed by atoms with van der Waals surface area (Å²) in [6, 6.07) is 7.60. The van der Waals surface area contributed by atoms with Gasteiger partial charge in [-0.1, -0.05) is 11.2 Å². The SMILES string of the molecule is Cc1cc(C2CCCN2C(=O)NCc2cn3ccccc3n2)on1. The Morgan fingerprint density at radius 3 is 3.17 bits per heavy atom. The predicted molar refractivity (Wildman–Crippen MR) is 87.3 cm³/mol. The molecule has 124 valence electrons. The molecule has 0 aliphatic carbocycles. The van der Waals surface area contributed by atoms with Crippen LogP contribution in [0.1, 0.15) is 36.0 Å². The number of aryl methyl sites for hydroxylation is 1. The molecule has 1 atom stereocenters. The van der Waals surface area contributed by atoms with Gasteiger partial charge in [0.05, 0.1) is 24.0 Å². The number of imidazole rings is 1. The largest absolute Gasteiger partial charge is 0.359 e. The normalized spacial score (nSPS) is 17.5. The fraction of sp³-hybridized carbons (Fsp3) is 0.353. The average Bonchev–Trinajstić information content (AvgIpc) is 3.30. The molecular formula is C17H19N5O2. The molecule has 7 nitrogen and oxygen atoms in total. The predicted octanol–water partition coefficient (Wildman–Crippen LogP) is 2.68. The summed E-state index contributed by atoms with van der Waals surface area (Å²) in [6.07, 6.45) is 5.73. The quantitative estimate of drug-likeness (QED) is 0.803. The van der Waals surface area contributed by atoms with Crippen molar-refractivity contribution in [2.45, 2.75) is 32.4 Å². The van der Waals surface area contributed by atoms with E-state index in [4.69, 9.17) is 4.52 Å². The zero-order valence-electron chi connectivity index (χ0n) is 13.5. The van der Waals surface area contributed by atoms with E-state index in [1.807, 2.05) is 52.9 Å². The lowest BCUT2D eigenvalue weighted by atomic mass is 10.1. The molecule has 0 radical (unpaired) electrons. The van der Waals surface area contributed by atoms with Crippen LogP contribution in [-0.4, -0.2) is 32.0 Å². The lowest BCUT2D eigenvalue weighted by Crippen LogP contribution is -2.39. The third kappa shape index (κ3) is 2.73. The van der Waals surface area contributed by atoms with E-state index < -0.39 is 0 Å². The highest BCUT2D eigenvalue weighted by Gasteiger charge is 2.32. The van der Waals surface area contributed by atoms with Crippen molar-refractivity contribution in [2.24, 2.45) is 0 Å². The zero-order chi connectivity index (χ0) is 16.5. The van der Waals surface area contributed by atoms with Crippen LogP contribution in [-0.2, 0) is 6.54 Å². The number of likely N-dealkylation sites (tertiary alicyclic amines) is 1. The van der Waals surface area contributed by atoms with Crippen molar-refractivity contribution in [1.29, 1.82) is 0 Å². The Balaban J connectivity index is 1.43. The summed E-state index contributed by atoms with van der Waals surface area (Å²) in [7, 11) is 0. The minimum atomic E-state index is -0.0939. The maximum absolute atomic E-state index is 12.5. The first kappa shape index (κ1) is 14.7. The van der Waals surface area contributed by atoms with Crippen LogP contribution >= 0.6 is 0 Å². The van der Waals surface area contributed by atoms with Crippen molar-refractivity contribution in [3.8, 4) is 0 Å². The molecule has 0 saturated carbocycles. The van der Waals surface area contributed by atoms with Gasteiger partial charge in [-0.15, -0.1) is 0 Å². The number of fused-ring (bicyclic) bond motifs is 1. The van der Waals surface area contributed by atoms with E-state index in [1.165, 1.54) is 0 Å². The number of amides is 2. The summed E-state index contributed by atoms with van der Waals surface area (Å²) in [6.45, 7) is 3.01. The summed E-state index contributed by atoms with van der Waals surface area (Å²) in [5, 5.41) is 6.88. The Hall–Kier alpha value is -2.83. The molecule has 3 aromatic rings. The maximum atomic E-state index is 12.5. The van der Waals surface area contributed by atoms with Gasteiger partial charge < -0.3 is 19.1 Å². The second kappa shape index (κ2) is 5.99. The topological polar surface area (TPSA) is 75.7 Å². The molecule has 2 amide bonds. The fourth-order valence-electron chi connectivity index (χ4n) is 3.19. The fourth-order valence-corrected chi connectivity index (χ4v) is 3.19. The molecule has 0 bridgehead atoms. The molecule has 1 saturated heterocycles. The number of hydrogen-bond donors (Lipinski definition) is 1. The van der Waals surface area contributed by atoms with Gasteiger partial charge in [0.2, 0.25) is 0 Å². The van der Waals surface area contributed by atoms with Gasteiger partial charge in [-0.2, -0.15) is 0 Å². The molecule has 7 heteroatoms. The monoisotopic (exact) mass is 325 g/mol. The molecule has 4 rings (SSSR count). The molecular weight excluding hydrogens is 306 g/mol. The van der Waals surface area contributed by atoms with Crippen molar-refractivity contribution in [3.05, 3.63) is 53.8 Å². The Bertz CT molecular complexity index is 836. The van der Waals surface area contributed by atoms with Gasteiger partial charge in [-0.3, -0.25) is 0 Å². The average molecular weight is 325 g/mol. The van der Waals surface area contributed by atoms with Crippen LogP contribution in [0.2, 0.25) is 0 Å². The van der Waals surface area contributed by atoms with Crippen molar-refractivity contribution in [2.75, 3.05) is 6.54 Å². The molecule has 0 spiro atoms. The van der Waals surface area contributed by atoms with Gasteiger partial charge in [0.1, 0.15) is 5.65 Å². The summed E-state index contributed by atoms with van der Waals surface area (Å²) in [4.78, 5) is 18.9. The van der Waals surface area contributed by atoms with Crippen LogP contribution in [0.4, 0.5) is 4.79 Å². The van der Waals surface area contributed by atoms with Crippen LogP contribution in [0.15, 0.2) is 41.2 Å². The number of aromatic nitrogens is 3. The number of urea groups is 1.